The Labute approximate surface area is 131 Å². The number of nitrogens with zero attached hydrogens (tertiary/aromatic N) is 1. The molecule has 1 aromatic carbocycles. The zero-order valence-electron chi connectivity index (χ0n) is 13.1. The van der Waals surface area contributed by atoms with Crippen molar-refractivity contribution in [2.24, 2.45) is 5.92 Å². The number of ether oxygens (including phenoxy) is 1. The number of methoxy groups -OCH3 is 1. The number of Topliss-reactive ketones (excluding diaryl/α,β-unsaturated/α-hetero) is 1. The van der Waals surface area contributed by atoms with Gasteiger partial charge in [0.1, 0.15) is 6.04 Å². The van der Waals surface area contributed by atoms with Crippen LogP contribution in [0.2, 0.25) is 0 Å². The number of carbonyl (C=O) groups is 2. The number of carbonyl (C=O) groups excluding carboxylic acids is 2. The molecule has 0 aromatic heterocycles. The highest BCUT2D eigenvalue weighted by Gasteiger charge is 2.37. The lowest BCUT2D eigenvalue weighted by Crippen LogP contribution is -2.50. The van der Waals surface area contributed by atoms with E-state index in [-0.39, 0.29) is 11.7 Å². The summed E-state index contributed by atoms with van der Waals surface area (Å²) in [5.41, 5.74) is 0.392. The van der Waals surface area contributed by atoms with Gasteiger partial charge in [-0.3, -0.25) is 9.59 Å². The molecule has 0 aliphatic carbocycles. The third kappa shape index (κ3) is 4.64. The van der Waals surface area contributed by atoms with Crippen LogP contribution in [0.25, 0.3) is 0 Å². The van der Waals surface area contributed by atoms with Crippen molar-refractivity contribution in [3.63, 3.8) is 0 Å². The van der Waals surface area contributed by atoms with Crippen molar-refractivity contribution in [1.82, 2.24) is 4.31 Å². The Hall–Kier alpha value is -1.73. The molecule has 0 aliphatic rings. The monoisotopic (exact) mass is 327 g/mol. The molecule has 0 spiro atoms. The molecule has 7 heteroatoms. The van der Waals surface area contributed by atoms with Crippen LogP contribution >= 0.6 is 0 Å². The van der Waals surface area contributed by atoms with Crippen LogP contribution in [0.5, 0.6) is 0 Å². The summed E-state index contributed by atoms with van der Waals surface area (Å²) < 4.78 is 29.6. The lowest BCUT2D eigenvalue weighted by Gasteiger charge is -2.29. The van der Waals surface area contributed by atoms with E-state index < -0.39 is 28.6 Å². The smallest absolute Gasteiger partial charge is 0.324 e. The predicted molar refractivity (Wildman–Crippen MR) is 83.0 cm³/mol. The maximum Gasteiger partial charge on any atom is 0.324 e. The maximum absolute atomic E-state index is 12.3. The minimum Gasteiger partial charge on any atom is -0.468 e. The molecule has 0 amide bonds. The number of esters is 1. The van der Waals surface area contributed by atoms with Gasteiger partial charge in [0.05, 0.1) is 19.9 Å². The van der Waals surface area contributed by atoms with Crippen LogP contribution in [-0.2, 0) is 19.6 Å². The number of benzene rings is 1. The van der Waals surface area contributed by atoms with E-state index in [0.717, 1.165) is 10.6 Å². The van der Waals surface area contributed by atoms with Gasteiger partial charge < -0.3 is 4.74 Å². The normalized spacial score (nSPS) is 13.2. The Balaban J connectivity index is 3.14. The van der Waals surface area contributed by atoms with Crippen LogP contribution in [-0.4, -0.2) is 50.4 Å². The standard InChI is InChI=1S/C15H21NO5S/c1-11(2)14(15(18)21-3)16(22(4,19)20)10-13(17)12-8-6-5-7-9-12/h5-9,11,14H,10H2,1-4H3. The van der Waals surface area contributed by atoms with E-state index >= 15 is 0 Å². The first-order valence-electron chi connectivity index (χ1n) is 6.81. The van der Waals surface area contributed by atoms with Gasteiger partial charge in [-0.05, 0) is 5.92 Å². The average Bonchev–Trinajstić information content (AvgIpc) is 2.45. The SMILES string of the molecule is COC(=O)C(C(C)C)N(CC(=O)c1ccccc1)S(C)(=O)=O. The van der Waals surface area contributed by atoms with E-state index in [2.05, 4.69) is 4.74 Å². The van der Waals surface area contributed by atoms with Crippen LogP contribution in [0, 0.1) is 5.92 Å². The van der Waals surface area contributed by atoms with Gasteiger partial charge in [0.25, 0.3) is 0 Å². The minimum absolute atomic E-state index is 0.328. The molecule has 122 valence electrons. The second kappa shape index (κ2) is 7.51. The van der Waals surface area contributed by atoms with Crippen LogP contribution in [0.4, 0.5) is 0 Å². The second-order valence-corrected chi connectivity index (χ2v) is 7.24. The number of hydrogen-bond donors (Lipinski definition) is 0. The molecule has 0 N–H and O–H groups in total. The lowest BCUT2D eigenvalue weighted by atomic mass is 10.0. The van der Waals surface area contributed by atoms with Crippen molar-refractivity contribution in [1.29, 1.82) is 0 Å². The number of ketones is 1. The summed E-state index contributed by atoms with van der Waals surface area (Å²) in [5, 5.41) is 0. The van der Waals surface area contributed by atoms with Crippen LogP contribution in [0.1, 0.15) is 24.2 Å². The highest BCUT2D eigenvalue weighted by molar-refractivity contribution is 7.88. The van der Waals surface area contributed by atoms with E-state index in [1.165, 1.54) is 7.11 Å². The highest BCUT2D eigenvalue weighted by atomic mass is 32.2. The molecule has 0 saturated carbocycles. The van der Waals surface area contributed by atoms with Crippen LogP contribution in [0.3, 0.4) is 0 Å². The lowest BCUT2D eigenvalue weighted by molar-refractivity contribution is -0.146. The van der Waals surface area contributed by atoms with Crippen LogP contribution in [0.15, 0.2) is 30.3 Å². The summed E-state index contributed by atoms with van der Waals surface area (Å²) >= 11 is 0. The first kappa shape index (κ1) is 18.3. The molecule has 1 unspecified atom stereocenters. The summed E-state index contributed by atoms with van der Waals surface area (Å²) in [5.74, 6) is -1.38. The van der Waals surface area contributed by atoms with Crippen molar-refractivity contribution in [2.45, 2.75) is 19.9 Å². The summed E-state index contributed by atoms with van der Waals surface area (Å²) in [4.78, 5) is 24.2. The first-order valence-corrected chi connectivity index (χ1v) is 8.66. The third-order valence-corrected chi connectivity index (χ3v) is 4.41. The molecule has 1 rings (SSSR count). The second-order valence-electron chi connectivity index (χ2n) is 5.31. The fourth-order valence-electron chi connectivity index (χ4n) is 2.12. The fourth-order valence-corrected chi connectivity index (χ4v) is 3.22. The number of hydrogen-bond acceptors (Lipinski definition) is 5. The van der Waals surface area contributed by atoms with Gasteiger partial charge in [0.2, 0.25) is 10.0 Å². The van der Waals surface area contributed by atoms with Gasteiger partial charge in [-0.25, -0.2) is 8.42 Å². The molecule has 6 nitrogen and oxygen atoms in total. The molecule has 0 saturated heterocycles. The fraction of sp³-hybridized carbons (Fsp3) is 0.467. The van der Waals surface area contributed by atoms with Gasteiger partial charge in [-0.1, -0.05) is 44.2 Å². The van der Waals surface area contributed by atoms with Crippen molar-refractivity contribution in [2.75, 3.05) is 19.9 Å². The molecular formula is C15H21NO5S. The van der Waals surface area contributed by atoms with Crippen molar-refractivity contribution < 1.29 is 22.7 Å². The summed E-state index contributed by atoms with van der Waals surface area (Å²) in [6.07, 6.45) is 0.976. The molecule has 1 atom stereocenters. The van der Waals surface area contributed by atoms with E-state index in [1.54, 1.807) is 44.2 Å². The Morgan fingerprint density at radius 3 is 2.14 bits per heavy atom. The largest absolute Gasteiger partial charge is 0.468 e. The van der Waals surface area contributed by atoms with Gasteiger partial charge in [-0.15, -0.1) is 0 Å². The molecule has 1 aromatic rings. The average molecular weight is 327 g/mol. The Morgan fingerprint density at radius 2 is 1.73 bits per heavy atom. The highest BCUT2D eigenvalue weighted by Crippen LogP contribution is 2.17. The Morgan fingerprint density at radius 1 is 1.18 bits per heavy atom. The molecule has 22 heavy (non-hydrogen) atoms. The quantitative estimate of drug-likeness (QED) is 0.557. The van der Waals surface area contributed by atoms with Crippen molar-refractivity contribution in [3.05, 3.63) is 35.9 Å². The number of sulfonamides is 1. The molecule has 0 heterocycles. The zero-order valence-corrected chi connectivity index (χ0v) is 14.0. The topological polar surface area (TPSA) is 80.8 Å². The van der Waals surface area contributed by atoms with Gasteiger partial charge >= 0.3 is 5.97 Å². The minimum atomic E-state index is -3.76. The van der Waals surface area contributed by atoms with Crippen molar-refractivity contribution >= 4 is 21.8 Å². The molecule has 0 radical (unpaired) electrons. The van der Waals surface area contributed by atoms with Gasteiger partial charge in [0, 0.05) is 5.56 Å². The third-order valence-electron chi connectivity index (χ3n) is 3.21. The Bertz CT molecular complexity index is 625. The summed E-state index contributed by atoms with van der Waals surface area (Å²) in [6, 6.07) is 7.32. The summed E-state index contributed by atoms with van der Waals surface area (Å²) in [6.45, 7) is 3.00. The maximum atomic E-state index is 12.3. The molecular weight excluding hydrogens is 306 g/mol. The van der Waals surface area contributed by atoms with E-state index in [4.69, 9.17) is 0 Å². The Kier molecular flexibility index (Phi) is 6.25. The molecule has 0 aliphatic heterocycles. The van der Waals surface area contributed by atoms with Crippen LogP contribution < -0.4 is 0 Å². The van der Waals surface area contributed by atoms with E-state index in [9.17, 15) is 18.0 Å². The van der Waals surface area contributed by atoms with Gasteiger partial charge in [0.15, 0.2) is 5.78 Å². The number of rotatable bonds is 7. The predicted octanol–water partition coefficient (Wildman–Crippen LogP) is 1.33. The van der Waals surface area contributed by atoms with E-state index in [0.29, 0.717) is 5.56 Å². The van der Waals surface area contributed by atoms with Gasteiger partial charge in [-0.2, -0.15) is 4.31 Å². The summed E-state index contributed by atoms with van der Waals surface area (Å²) in [7, 11) is -2.56. The molecule has 0 fully saturated rings. The molecule has 0 bridgehead atoms. The first-order chi connectivity index (χ1) is 10.2. The van der Waals surface area contributed by atoms with E-state index in [1.807, 2.05) is 0 Å². The zero-order chi connectivity index (χ0) is 16.9. The van der Waals surface area contributed by atoms with Crippen molar-refractivity contribution in [3.8, 4) is 0 Å².